The molecule has 0 atom stereocenters. The van der Waals surface area contributed by atoms with Crippen molar-refractivity contribution in [2.45, 2.75) is 51.5 Å². The van der Waals surface area contributed by atoms with E-state index in [1.165, 1.54) is 0 Å². The molecule has 9 heteroatoms. The van der Waals surface area contributed by atoms with E-state index in [0.717, 1.165) is 34.6 Å². The Labute approximate surface area is 212 Å². The Morgan fingerprint density at radius 3 is 2.40 bits per heavy atom. The number of carbonyl (C=O) groups excluding carboxylic acids is 2. The Morgan fingerprint density at radius 2 is 1.80 bits per heavy atom. The third-order valence-corrected chi connectivity index (χ3v) is 7.66. The van der Waals surface area contributed by atoms with E-state index in [2.05, 4.69) is 13.2 Å². The lowest BCUT2D eigenvalue weighted by Crippen LogP contribution is -2.42. The summed E-state index contributed by atoms with van der Waals surface area (Å²) in [6.07, 6.45) is 5.16. The van der Waals surface area contributed by atoms with Crippen molar-refractivity contribution in [2.75, 3.05) is 39.4 Å². The van der Waals surface area contributed by atoms with Gasteiger partial charge in [0.15, 0.2) is 5.69 Å². The van der Waals surface area contributed by atoms with Crippen LogP contribution < -0.4 is 0 Å². The molecule has 2 fully saturated rings. The van der Waals surface area contributed by atoms with Gasteiger partial charge in [-0.15, -0.1) is 11.8 Å². The first kappa shape index (κ1) is 25.6. The van der Waals surface area contributed by atoms with Gasteiger partial charge in [0.1, 0.15) is 5.60 Å². The lowest BCUT2D eigenvalue weighted by molar-refractivity contribution is 0.0176. The normalized spacial score (nSPS) is 19.4. The van der Waals surface area contributed by atoms with Gasteiger partial charge in [0.05, 0.1) is 18.9 Å². The van der Waals surface area contributed by atoms with E-state index in [4.69, 9.17) is 14.6 Å². The predicted molar refractivity (Wildman–Crippen MR) is 138 cm³/mol. The summed E-state index contributed by atoms with van der Waals surface area (Å²) in [6.45, 7) is 17.9. The van der Waals surface area contributed by atoms with Crippen LogP contribution in [-0.4, -0.2) is 76.6 Å². The zero-order valence-corrected chi connectivity index (χ0v) is 21.9. The summed E-state index contributed by atoms with van der Waals surface area (Å²) in [4.78, 5) is 30.6. The Balaban J connectivity index is 1.56. The number of morpholine rings is 1. The van der Waals surface area contributed by atoms with Crippen molar-refractivity contribution in [3.63, 3.8) is 0 Å². The second-order valence-electron chi connectivity index (χ2n) is 10.1. The molecular formula is C26H36N4O4S. The summed E-state index contributed by atoms with van der Waals surface area (Å²) >= 11 is 1.67. The molecule has 0 saturated carbocycles. The van der Waals surface area contributed by atoms with Crippen molar-refractivity contribution < 1.29 is 19.1 Å². The first-order chi connectivity index (χ1) is 16.7. The van der Waals surface area contributed by atoms with Gasteiger partial charge in [0.25, 0.3) is 5.91 Å². The molecule has 2 amide bonds. The third kappa shape index (κ3) is 5.67. The number of nitrogens with zero attached hydrogens (tertiary/aromatic N) is 4. The molecule has 0 radical (unpaired) electrons. The smallest absolute Gasteiger partial charge is 0.410 e. The highest BCUT2D eigenvalue weighted by Gasteiger charge is 2.33. The quantitative estimate of drug-likeness (QED) is 0.599. The largest absolute Gasteiger partial charge is 0.444 e. The van der Waals surface area contributed by atoms with Crippen LogP contribution in [0.15, 0.2) is 30.2 Å². The zero-order valence-electron chi connectivity index (χ0n) is 21.0. The number of ether oxygens (including phenoxy) is 2. The molecule has 3 aliphatic heterocycles. The van der Waals surface area contributed by atoms with Gasteiger partial charge < -0.3 is 19.3 Å². The van der Waals surface area contributed by atoms with E-state index in [1.807, 2.05) is 42.5 Å². The maximum atomic E-state index is 13.4. The molecule has 1 aromatic heterocycles. The minimum Gasteiger partial charge on any atom is -0.444 e. The number of amides is 2. The number of aromatic nitrogens is 2. The second kappa shape index (κ2) is 10.6. The van der Waals surface area contributed by atoms with E-state index in [1.54, 1.807) is 16.7 Å². The van der Waals surface area contributed by atoms with Crippen LogP contribution in [0.25, 0.3) is 5.57 Å². The molecule has 0 aliphatic carbocycles. The summed E-state index contributed by atoms with van der Waals surface area (Å²) in [6, 6.07) is 0. The molecule has 0 unspecified atom stereocenters. The average Bonchev–Trinajstić information content (AvgIpc) is 3.21. The highest BCUT2D eigenvalue weighted by atomic mass is 32.2. The van der Waals surface area contributed by atoms with Crippen LogP contribution in [-0.2, 0) is 21.8 Å². The maximum Gasteiger partial charge on any atom is 0.410 e. The average molecular weight is 501 g/mol. The van der Waals surface area contributed by atoms with Crippen molar-refractivity contribution >= 4 is 29.3 Å². The molecule has 0 bridgehead atoms. The van der Waals surface area contributed by atoms with Gasteiger partial charge in [-0.2, -0.15) is 5.10 Å². The number of carbonyl (C=O) groups is 2. The van der Waals surface area contributed by atoms with E-state index < -0.39 is 5.60 Å². The van der Waals surface area contributed by atoms with E-state index in [0.29, 0.717) is 63.3 Å². The van der Waals surface area contributed by atoms with E-state index >= 15 is 0 Å². The van der Waals surface area contributed by atoms with E-state index in [-0.39, 0.29) is 12.0 Å². The SMILES string of the molecule is C=CC1=C(C=C)c2c(c(C(=O)N3CCOCC3)nn2CC2CCN(C(=O)OC(C)(C)C)CC2)CS1. The molecule has 0 N–H and O–H groups in total. The fraction of sp³-hybridized carbons (Fsp3) is 0.577. The molecule has 0 spiro atoms. The van der Waals surface area contributed by atoms with Crippen LogP contribution in [0.4, 0.5) is 4.79 Å². The highest BCUT2D eigenvalue weighted by Crippen LogP contribution is 2.41. The molecular weight excluding hydrogens is 464 g/mol. The predicted octanol–water partition coefficient (Wildman–Crippen LogP) is 4.33. The Morgan fingerprint density at radius 1 is 1.11 bits per heavy atom. The molecule has 8 nitrogen and oxygen atoms in total. The van der Waals surface area contributed by atoms with Crippen LogP contribution >= 0.6 is 11.8 Å². The minimum atomic E-state index is -0.500. The number of rotatable bonds is 5. The Hall–Kier alpha value is -2.52. The van der Waals surface area contributed by atoms with Gasteiger partial charge in [0.2, 0.25) is 0 Å². The number of fused-ring (bicyclic) bond motifs is 1. The molecule has 4 heterocycles. The lowest BCUT2D eigenvalue weighted by atomic mass is 9.96. The fourth-order valence-electron chi connectivity index (χ4n) is 4.74. The second-order valence-corrected chi connectivity index (χ2v) is 11.2. The molecule has 0 aromatic carbocycles. The number of hydrogen-bond acceptors (Lipinski definition) is 6. The van der Waals surface area contributed by atoms with Crippen molar-refractivity contribution in [1.29, 1.82) is 0 Å². The highest BCUT2D eigenvalue weighted by molar-refractivity contribution is 8.02. The Bertz CT molecular complexity index is 1020. The standard InChI is InChI=1S/C26H36N4O4S/c1-6-19-21(7-2)35-17-20-22(24(31)28-12-14-33-15-13-28)27-30(23(19)20)16-18-8-10-29(11-9-18)25(32)34-26(3,4)5/h6-7,18H,1-2,8-17H2,3-5H3. The summed E-state index contributed by atoms with van der Waals surface area (Å²) in [7, 11) is 0. The van der Waals surface area contributed by atoms with E-state index in [9.17, 15) is 9.59 Å². The van der Waals surface area contributed by atoms with Crippen LogP contribution in [0.1, 0.15) is 55.4 Å². The van der Waals surface area contributed by atoms with Crippen molar-refractivity contribution in [3.05, 3.63) is 47.2 Å². The molecule has 4 rings (SSSR count). The van der Waals surface area contributed by atoms with Gasteiger partial charge >= 0.3 is 6.09 Å². The number of piperidine rings is 1. The number of allylic oxidation sites excluding steroid dienone is 3. The van der Waals surface area contributed by atoms with Crippen LogP contribution in [0, 0.1) is 5.92 Å². The molecule has 35 heavy (non-hydrogen) atoms. The fourth-order valence-corrected chi connectivity index (χ4v) is 5.76. The number of thioether (sulfide) groups is 1. The number of likely N-dealkylation sites (tertiary alicyclic amines) is 1. The Kier molecular flexibility index (Phi) is 7.76. The van der Waals surface area contributed by atoms with Crippen molar-refractivity contribution in [1.82, 2.24) is 19.6 Å². The van der Waals surface area contributed by atoms with Gasteiger partial charge in [-0.3, -0.25) is 9.48 Å². The monoisotopic (exact) mass is 500 g/mol. The summed E-state index contributed by atoms with van der Waals surface area (Å²) < 4.78 is 13.0. The van der Waals surface area contributed by atoms with Crippen molar-refractivity contribution in [2.24, 2.45) is 5.92 Å². The molecule has 2 saturated heterocycles. The van der Waals surface area contributed by atoms with Gasteiger partial charge in [-0.1, -0.05) is 25.3 Å². The summed E-state index contributed by atoms with van der Waals surface area (Å²) in [5, 5.41) is 4.88. The first-order valence-electron chi connectivity index (χ1n) is 12.3. The summed E-state index contributed by atoms with van der Waals surface area (Å²) in [5.74, 6) is 0.988. The molecule has 3 aliphatic rings. The first-order valence-corrected chi connectivity index (χ1v) is 13.3. The lowest BCUT2D eigenvalue weighted by Gasteiger charge is -2.33. The third-order valence-electron chi connectivity index (χ3n) is 6.53. The van der Waals surface area contributed by atoms with Crippen LogP contribution in [0.2, 0.25) is 0 Å². The minimum absolute atomic E-state index is 0.0332. The van der Waals surface area contributed by atoms with Gasteiger partial charge in [0, 0.05) is 54.5 Å². The molecule has 1 aromatic rings. The van der Waals surface area contributed by atoms with Gasteiger partial charge in [-0.05, 0) is 39.5 Å². The summed E-state index contributed by atoms with van der Waals surface area (Å²) in [5.41, 5.74) is 2.95. The van der Waals surface area contributed by atoms with Crippen LogP contribution in [0.3, 0.4) is 0 Å². The molecule has 190 valence electrons. The number of hydrogen-bond donors (Lipinski definition) is 0. The zero-order chi connectivity index (χ0) is 25.2. The topological polar surface area (TPSA) is 76.9 Å². The maximum absolute atomic E-state index is 13.4. The van der Waals surface area contributed by atoms with Crippen molar-refractivity contribution in [3.8, 4) is 0 Å². The van der Waals surface area contributed by atoms with Crippen LogP contribution in [0.5, 0.6) is 0 Å². The van der Waals surface area contributed by atoms with Gasteiger partial charge in [-0.25, -0.2) is 4.79 Å².